The Morgan fingerprint density at radius 3 is 2.20 bits per heavy atom. The number of nitrogens with one attached hydrogen (secondary N) is 2. The van der Waals surface area contributed by atoms with Gasteiger partial charge in [-0.1, -0.05) is 44.2 Å². The van der Waals surface area contributed by atoms with E-state index in [0.29, 0.717) is 0 Å². The van der Waals surface area contributed by atoms with Crippen molar-refractivity contribution in [2.75, 3.05) is 0 Å². The first-order valence-corrected chi connectivity index (χ1v) is 8.99. The number of amides is 2. The van der Waals surface area contributed by atoms with Crippen molar-refractivity contribution in [1.82, 2.24) is 10.6 Å². The molecule has 1 fully saturated rings. The van der Waals surface area contributed by atoms with Gasteiger partial charge < -0.3 is 21.1 Å². The van der Waals surface area contributed by atoms with Crippen LogP contribution in [-0.2, 0) is 16.1 Å². The molecule has 0 unspecified atom stereocenters. The summed E-state index contributed by atoms with van der Waals surface area (Å²) < 4.78 is 5.24. The molecule has 4 N–H and O–H groups in total. The molecule has 1 aromatic rings. The van der Waals surface area contributed by atoms with Gasteiger partial charge >= 0.3 is 6.09 Å². The first-order chi connectivity index (χ1) is 12.0. The van der Waals surface area contributed by atoms with Gasteiger partial charge in [-0.15, -0.1) is 0 Å². The molecule has 0 bridgehead atoms. The third kappa shape index (κ3) is 6.38. The van der Waals surface area contributed by atoms with Crippen molar-refractivity contribution in [3.05, 3.63) is 35.9 Å². The van der Waals surface area contributed by atoms with Crippen molar-refractivity contribution < 1.29 is 14.3 Å². The Kier molecular flexibility index (Phi) is 7.25. The first kappa shape index (κ1) is 19.2. The molecule has 0 spiro atoms. The molecule has 138 valence electrons. The fourth-order valence-corrected chi connectivity index (χ4v) is 2.91. The summed E-state index contributed by atoms with van der Waals surface area (Å²) in [5.41, 5.74) is 6.83. The van der Waals surface area contributed by atoms with Gasteiger partial charge in [-0.25, -0.2) is 4.79 Å². The standard InChI is InChI=1S/C19H29N3O3/c1-13(2)17(20)18(23)21-15-8-10-16(11-9-15)22-19(24)25-12-14-6-4-3-5-7-14/h3-7,13,15-17H,8-12,20H2,1-2H3,(H,21,23)(H,22,24)/t15?,16?,17-/m0/s1. The average Bonchev–Trinajstić information content (AvgIpc) is 2.61. The van der Waals surface area contributed by atoms with Crippen LogP contribution in [0.5, 0.6) is 0 Å². The summed E-state index contributed by atoms with van der Waals surface area (Å²) >= 11 is 0. The number of rotatable bonds is 6. The van der Waals surface area contributed by atoms with Gasteiger partial charge in [0.2, 0.25) is 5.91 Å². The highest BCUT2D eigenvalue weighted by Crippen LogP contribution is 2.19. The lowest BCUT2D eigenvalue weighted by Crippen LogP contribution is -2.50. The van der Waals surface area contributed by atoms with Crippen LogP contribution in [0, 0.1) is 5.92 Å². The Morgan fingerprint density at radius 2 is 1.64 bits per heavy atom. The van der Waals surface area contributed by atoms with Crippen molar-refractivity contribution >= 4 is 12.0 Å². The number of ether oxygens (including phenoxy) is 1. The van der Waals surface area contributed by atoms with Crippen LogP contribution in [0.1, 0.15) is 45.1 Å². The van der Waals surface area contributed by atoms with E-state index in [9.17, 15) is 9.59 Å². The fourth-order valence-electron chi connectivity index (χ4n) is 2.91. The predicted molar refractivity (Wildman–Crippen MR) is 96.8 cm³/mol. The summed E-state index contributed by atoms with van der Waals surface area (Å²) in [7, 11) is 0. The molecule has 1 saturated carbocycles. The van der Waals surface area contributed by atoms with E-state index in [2.05, 4.69) is 10.6 Å². The van der Waals surface area contributed by atoms with Crippen LogP contribution in [-0.4, -0.2) is 30.1 Å². The molecular weight excluding hydrogens is 318 g/mol. The second-order valence-corrected chi connectivity index (χ2v) is 7.03. The van der Waals surface area contributed by atoms with Gasteiger partial charge in [0.1, 0.15) is 6.61 Å². The van der Waals surface area contributed by atoms with Crippen LogP contribution in [0.4, 0.5) is 4.79 Å². The highest BCUT2D eigenvalue weighted by Gasteiger charge is 2.26. The molecule has 25 heavy (non-hydrogen) atoms. The first-order valence-electron chi connectivity index (χ1n) is 8.99. The summed E-state index contributed by atoms with van der Waals surface area (Å²) in [6, 6.07) is 9.35. The molecule has 6 nitrogen and oxygen atoms in total. The third-order valence-electron chi connectivity index (χ3n) is 4.63. The Labute approximate surface area is 149 Å². The smallest absolute Gasteiger partial charge is 0.407 e. The number of benzene rings is 1. The SMILES string of the molecule is CC(C)[C@H](N)C(=O)NC1CCC(NC(=O)OCc2ccccc2)CC1. The normalized spacial score (nSPS) is 21.4. The Hall–Kier alpha value is -2.08. The van der Waals surface area contributed by atoms with Crippen molar-refractivity contribution in [1.29, 1.82) is 0 Å². The summed E-state index contributed by atoms with van der Waals surface area (Å²) in [6.07, 6.45) is 2.92. The van der Waals surface area contributed by atoms with Gasteiger partial charge in [-0.05, 0) is 37.2 Å². The molecule has 1 aliphatic rings. The number of carbonyl (C=O) groups is 2. The highest BCUT2D eigenvalue weighted by molar-refractivity contribution is 5.82. The minimum Gasteiger partial charge on any atom is -0.445 e. The summed E-state index contributed by atoms with van der Waals surface area (Å²) in [5, 5.41) is 5.92. The van der Waals surface area contributed by atoms with E-state index in [1.807, 2.05) is 44.2 Å². The minimum absolute atomic E-state index is 0.0892. The lowest BCUT2D eigenvalue weighted by atomic mass is 9.91. The molecule has 0 aliphatic heterocycles. The topological polar surface area (TPSA) is 93.5 Å². The quantitative estimate of drug-likeness (QED) is 0.736. The van der Waals surface area contributed by atoms with Crippen LogP contribution in [0.2, 0.25) is 0 Å². The predicted octanol–water partition coefficient (Wildman–Crippen LogP) is 2.32. The molecule has 0 heterocycles. The van der Waals surface area contributed by atoms with E-state index in [4.69, 9.17) is 10.5 Å². The summed E-state index contributed by atoms with van der Waals surface area (Å²) in [4.78, 5) is 23.9. The van der Waals surface area contributed by atoms with Crippen LogP contribution in [0.15, 0.2) is 30.3 Å². The van der Waals surface area contributed by atoms with E-state index in [-0.39, 0.29) is 30.5 Å². The van der Waals surface area contributed by atoms with Gasteiger partial charge in [-0.3, -0.25) is 4.79 Å². The van der Waals surface area contributed by atoms with Gasteiger partial charge in [-0.2, -0.15) is 0 Å². The molecular formula is C19H29N3O3. The van der Waals surface area contributed by atoms with Crippen molar-refractivity contribution in [2.45, 2.75) is 64.3 Å². The maximum Gasteiger partial charge on any atom is 0.407 e. The molecule has 0 aromatic heterocycles. The molecule has 2 amide bonds. The lowest BCUT2D eigenvalue weighted by Gasteiger charge is -2.30. The molecule has 1 aromatic carbocycles. The Morgan fingerprint density at radius 1 is 1.08 bits per heavy atom. The number of hydrogen-bond donors (Lipinski definition) is 3. The van der Waals surface area contributed by atoms with E-state index in [0.717, 1.165) is 31.2 Å². The largest absolute Gasteiger partial charge is 0.445 e. The third-order valence-corrected chi connectivity index (χ3v) is 4.63. The maximum atomic E-state index is 12.0. The second kappa shape index (κ2) is 9.42. The van der Waals surface area contributed by atoms with E-state index < -0.39 is 12.1 Å². The second-order valence-electron chi connectivity index (χ2n) is 7.03. The number of alkyl carbamates (subject to hydrolysis) is 1. The van der Waals surface area contributed by atoms with Crippen molar-refractivity contribution in [2.24, 2.45) is 11.7 Å². The number of hydrogen-bond acceptors (Lipinski definition) is 4. The average molecular weight is 347 g/mol. The fraction of sp³-hybridized carbons (Fsp3) is 0.579. The van der Waals surface area contributed by atoms with E-state index in [1.165, 1.54) is 0 Å². The van der Waals surface area contributed by atoms with E-state index >= 15 is 0 Å². The lowest BCUT2D eigenvalue weighted by molar-refractivity contribution is -0.124. The zero-order valence-electron chi connectivity index (χ0n) is 15.0. The Bertz CT molecular complexity index is 554. The van der Waals surface area contributed by atoms with Crippen LogP contribution >= 0.6 is 0 Å². The molecule has 2 rings (SSSR count). The highest BCUT2D eigenvalue weighted by atomic mass is 16.5. The summed E-state index contributed by atoms with van der Waals surface area (Å²) in [5.74, 6) is 0.0334. The minimum atomic E-state index is -0.469. The molecule has 0 radical (unpaired) electrons. The molecule has 1 aliphatic carbocycles. The number of nitrogens with two attached hydrogens (primary N) is 1. The van der Waals surface area contributed by atoms with Gasteiger partial charge in [0.25, 0.3) is 0 Å². The van der Waals surface area contributed by atoms with Crippen LogP contribution in [0.25, 0.3) is 0 Å². The zero-order chi connectivity index (χ0) is 18.2. The molecule has 0 saturated heterocycles. The van der Waals surface area contributed by atoms with Crippen LogP contribution in [0.3, 0.4) is 0 Å². The molecule has 6 heteroatoms. The number of carbonyl (C=O) groups excluding carboxylic acids is 2. The zero-order valence-corrected chi connectivity index (χ0v) is 15.0. The maximum absolute atomic E-state index is 12.0. The van der Waals surface area contributed by atoms with Gasteiger partial charge in [0, 0.05) is 12.1 Å². The van der Waals surface area contributed by atoms with Crippen molar-refractivity contribution in [3.63, 3.8) is 0 Å². The van der Waals surface area contributed by atoms with Gasteiger partial charge in [0.15, 0.2) is 0 Å². The van der Waals surface area contributed by atoms with Crippen LogP contribution < -0.4 is 16.4 Å². The van der Waals surface area contributed by atoms with E-state index in [1.54, 1.807) is 0 Å². The monoisotopic (exact) mass is 347 g/mol. The summed E-state index contributed by atoms with van der Waals surface area (Å²) in [6.45, 7) is 4.14. The van der Waals surface area contributed by atoms with Gasteiger partial charge in [0.05, 0.1) is 6.04 Å². The Balaban J connectivity index is 1.66. The molecule has 1 atom stereocenters. The van der Waals surface area contributed by atoms with Crippen molar-refractivity contribution in [3.8, 4) is 0 Å².